The van der Waals surface area contributed by atoms with Crippen molar-refractivity contribution in [2.24, 2.45) is 0 Å². The predicted molar refractivity (Wildman–Crippen MR) is 74.4 cm³/mol. The third-order valence-corrected chi connectivity index (χ3v) is 5.22. The molecule has 0 N–H and O–H groups in total. The SMILES string of the molecule is CN1CC[C@@H]2CC[C@H](C1)N2C(=O)c1ccc(Cl)s1. The van der Waals surface area contributed by atoms with Crippen LogP contribution in [0.1, 0.15) is 28.9 Å². The van der Waals surface area contributed by atoms with Crippen LogP contribution in [0.15, 0.2) is 12.1 Å². The highest BCUT2D eigenvalue weighted by Crippen LogP contribution is 2.33. The van der Waals surface area contributed by atoms with E-state index in [0.29, 0.717) is 16.4 Å². The van der Waals surface area contributed by atoms with Crippen molar-refractivity contribution in [2.45, 2.75) is 31.3 Å². The Morgan fingerprint density at radius 2 is 2.11 bits per heavy atom. The first-order valence-corrected chi connectivity index (χ1v) is 7.61. The third-order valence-electron chi connectivity index (χ3n) is 4.00. The van der Waals surface area contributed by atoms with Crippen molar-refractivity contribution in [3.05, 3.63) is 21.3 Å². The molecule has 2 aliphatic rings. The Kier molecular flexibility index (Phi) is 3.34. The third kappa shape index (κ3) is 2.17. The Morgan fingerprint density at radius 1 is 1.33 bits per heavy atom. The Morgan fingerprint density at radius 3 is 2.83 bits per heavy atom. The summed E-state index contributed by atoms with van der Waals surface area (Å²) in [6.45, 7) is 2.09. The van der Waals surface area contributed by atoms with Gasteiger partial charge in [-0.15, -0.1) is 11.3 Å². The van der Waals surface area contributed by atoms with Gasteiger partial charge in [0.05, 0.1) is 9.21 Å². The maximum atomic E-state index is 12.6. The molecule has 2 atom stereocenters. The zero-order chi connectivity index (χ0) is 12.7. The first kappa shape index (κ1) is 12.5. The van der Waals surface area contributed by atoms with Gasteiger partial charge in [0.15, 0.2) is 0 Å². The number of hydrogen-bond acceptors (Lipinski definition) is 3. The summed E-state index contributed by atoms with van der Waals surface area (Å²) >= 11 is 7.32. The molecule has 0 unspecified atom stereocenters. The molecular weight excluding hydrogens is 268 g/mol. The lowest BCUT2D eigenvalue weighted by atomic mass is 10.1. The van der Waals surface area contributed by atoms with Crippen molar-refractivity contribution in [3.8, 4) is 0 Å². The summed E-state index contributed by atoms with van der Waals surface area (Å²) in [5, 5.41) is 0. The smallest absolute Gasteiger partial charge is 0.264 e. The van der Waals surface area contributed by atoms with Crippen molar-refractivity contribution >= 4 is 28.8 Å². The van der Waals surface area contributed by atoms with Crippen molar-refractivity contribution in [1.29, 1.82) is 0 Å². The highest BCUT2D eigenvalue weighted by molar-refractivity contribution is 7.17. The normalized spacial score (nSPS) is 28.4. The number of halogens is 1. The number of fused-ring (bicyclic) bond motifs is 2. The van der Waals surface area contributed by atoms with E-state index in [2.05, 4.69) is 16.8 Å². The Hall–Kier alpha value is -0.580. The monoisotopic (exact) mass is 284 g/mol. The van der Waals surface area contributed by atoms with Crippen LogP contribution in [-0.2, 0) is 0 Å². The van der Waals surface area contributed by atoms with E-state index in [0.717, 1.165) is 37.2 Å². The topological polar surface area (TPSA) is 23.6 Å². The molecule has 2 fully saturated rings. The van der Waals surface area contributed by atoms with Crippen LogP contribution in [0, 0.1) is 0 Å². The number of nitrogens with zero attached hydrogens (tertiary/aromatic N) is 2. The van der Waals surface area contributed by atoms with Gasteiger partial charge in [0.2, 0.25) is 0 Å². The molecule has 0 aliphatic carbocycles. The lowest BCUT2D eigenvalue weighted by Crippen LogP contribution is -2.42. The zero-order valence-electron chi connectivity index (χ0n) is 10.4. The number of likely N-dealkylation sites (N-methyl/N-ethyl adjacent to an activating group) is 1. The second-order valence-electron chi connectivity index (χ2n) is 5.25. The van der Waals surface area contributed by atoms with E-state index in [1.807, 2.05) is 12.1 Å². The summed E-state index contributed by atoms with van der Waals surface area (Å²) in [6.07, 6.45) is 3.39. The van der Waals surface area contributed by atoms with Gasteiger partial charge in [0.1, 0.15) is 0 Å². The molecule has 18 heavy (non-hydrogen) atoms. The highest BCUT2D eigenvalue weighted by Gasteiger charge is 2.39. The maximum Gasteiger partial charge on any atom is 0.264 e. The molecule has 5 heteroatoms. The molecular formula is C13H17ClN2OS. The quantitative estimate of drug-likeness (QED) is 0.792. The largest absolute Gasteiger partial charge is 0.331 e. The molecule has 2 bridgehead atoms. The van der Waals surface area contributed by atoms with E-state index in [1.165, 1.54) is 11.3 Å². The second-order valence-corrected chi connectivity index (χ2v) is 6.97. The van der Waals surface area contributed by atoms with Crippen LogP contribution < -0.4 is 0 Å². The van der Waals surface area contributed by atoms with E-state index < -0.39 is 0 Å². The summed E-state index contributed by atoms with van der Waals surface area (Å²) < 4.78 is 0.692. The predicted octanol–water partition coefficient (Wildman–Crippen LogP) is 2.71. The van der Waals surface area contributed by atoms with Gasteiger partial charge >= 0.3 is 0 Å². The summed E-state index contributed by atoms with van der Waals surface area (Å²) in [4.78, 5) is 17.8. The number of hydrogen-bond donors (Lipinski definition) is 0. The average Bonchev–Trinajstić information content (AvgIpc) is 2.87. The van der Waals surface area contributed by atoms with E-state index in [9.17, 15) is 4.79 Å². The van der Waals surface area contributed by atoms with Crippen molar-refractivity contribution in [2.75, 3.05) is 20.1 Å². The molecule has 2 aliphatic heterocycles. The van der Waals surface area contributed by atoms with Crippen LogP contribution in [0.4, 0.5) is 0 Å². The molecule has 0 aromatic carbocycles. The second kappa shape index (κ2) is 4.83. The van der Waals surface area contributed by atoms with Crippen LogP contribution in [0.5, 0.6) is 0 Å². The minimum Gasteiger partial charge on any atom is -0.331 e. The van der Waals surface area contributed by atoms with Gasteiger partial charge in [-0.25, -0.2) is 0 Å². The number of amides is 1. The maximum absolute atomic E-state index is 12.6. The number of likely N-dealkylation sites (tertiary alicyclic amines) is 1. The molecule has 3 heterocycles. The lowest BCUT2D eigenvalue weighted by Gasteiger charge is -2.27. The molecule has 0 spiro atoms. The molecule has 1 amide bonds. The van der Waals surface area contributed by atoms with E-state index in [4.69, 9.17) is 11.6 Å². The first-order chi connectivity index (χ1) is 8.65. The van der Waals surface area contributed by atoms with Crippen molar-refractivity contribution < 1.29 is 4.79 Å². The van der Waals surface area contributed by atoms with Crippen molar-refractivity contribution in [3.63, 3.8) is 0 Å². The average molecular weight is 285 g/mol. The number of rotatable bonds is 1. The fraction of sp³-hybridized carbons (Fsp3) is 0.615. The van der Waals surface area contributed by atoms with Crippen LogP contribution in [0.2, 0.25) is 4.34 Å². The Balaban J connectivity index is 1.85. The summed E-state index contributed by atoms with van der Waals surface area (Å²) in [6, 6.07) is 4.47. The number of carbonyl (C=O) groups is 1. The van der Waals surface area contributed by atoms with Gasteiger partial charge in [0.25, 0.3) is 5.91 Å². The van der Waals surface area contributed by atoms with Crippen LogP contribution in [0.25, 0.3) is 0 Å². The zero-order valence-corrected chi connectivity index (χ0v) is 12.0. The molecule has 0 saturated carbocycles. The Labute approximate surface area is 116 Å². The number of carbonyl (C=O) groups excluding carboxylic acids is 1. The van der Waals surface area contributed by atoms with Gasteiger partial charge in [-0.2, -0.15) is 0 Å². The summed E-state index contributed by atoms with van der Waals surface area (Å²) in [5.74, 6) is 0.176. The minimum absolute atomic E-state index is 0.176. The molecule has 1 aromatic rings. The number of thiophene rings is 1. The highest BCUT2D eigenvalue weighted by atomic mass is 35.5. The van der Waals surface area contributed by atoms with Crippen LogP contribution in [-0.4, -0.2) is 47.9 Å². The van der Waals surface area contributed by atoms with Gasteiger partial charge in [-0.05, 0) is 45.0 Å². The van der Waals surface area contributed by atoms with E-state index >= 15 is 0 Å². The van der Waals surface area contributed by atoms with Crippen molar-refractivity contribution in [1.82, 2.24) is 9.80 Å². The van der Waals surface area contributed by atoms with Gasteiger partial charge in [-0.1, -0.05) is 11.6 Å². The Bertz CT molecular complexity index is 462. The summed E-state index contributed by atoms with van der Waals surface area (Å²) in [7, 11) is 2.14. The lowest BCUT2D eigenvalue weighted by molar-refractivity contribution is 0.0678. The molecule has 3 nitrogen and oxygen atoms in total. The first-order valence-electron chi connectivity index (χ1n) is 6.41. The molecule has 1 aromatic heterocycles. The summed E-state index contributed by atoms with van der Waals surface area (Å²) in [5.41, 5.74) is 0. The minimum atomic E-state index is 0.176. The molecule has 3 rings (SSSR count). The molecule has 98 valence electrons. The standard InChI is InChI=1S/C13H17ClN2OS/c1-15-7-6-9-2-3-10(8-15)16(9)13(17)11-4-5-12(14)18-11/h4-5,9-10H,2-3,6-8H2,1H3/t9-,10+/m0/s1. The fourth-order valence-corrected chi connectivity index (χ4v) is 4.12. The molecule has 2 saturated heterocycles. The van der Waals surface area contributed by atoms with Crippen LogP contribution >= 0.6 is 22.9 Å². The van der Waals surface area contributed by atoms with E-state index in [-0.39, 0.29) is 5.91 Å². The van der Waals surface area contributed by atoms with Gasteiger partial charge in [0, 0.05) is 18.6 Å². The van der Waals surface area contributed by atoms with Gasteiger partial charge in [-0.3, -0.25) is 4.79 Å². The fourth-order valence-electron chi connectivity index (χ4n) is 3.13. The van der Waals surface area contributed by atoms with Crippen LogP contribution in [0.3, 0.4) is 0 Å². The van der Waals surface area contributed by atoms with Gasteiger partial charge < -0.3 is 9.80 Å². The molecule has 0 radical (unpaired) electrons. The van der Waals surface area contributed by atoms with E-state index in [1.54, 1.807) is 0 Å².